The van der Waals surface area contributed by atoms with Gasteiger partial charge in [-0.3, -0.25) is 0 Å². The van der Waals surface area contributed by atoms with Crippen molar-refractivity contribution >= 4 is 6.08 Å². The molecule has 0 radical (unpaired) electrons. The Morgan fingerprint density at radius 3 is 2.38 bits per heavy atom. The van der Waals surface area contributed by atoms with Crippen LogP contribution in [0.5, 0.6) is 0 Å². The SMILES string of the molecule is Cc1ccc(C=C(C#N)C#N)n1C. The van der Waals surface area contributed by atoms with E-state index >= 15 is 0 Å². The van der Waals surface area contributed by atoms with Crippen LogP contribution in [-0.4, -0.2) is 4.57 Å². The standard InChI is InChI=1S/C10H9N3/c1-8-3-4-10(13(8)2)5-9(6-11)7-12/h3-5H,1-2H3. The molecular weight excluding hydrogens is 162 g/mol. The first-order valence-corrected chi connectivity index (χ1v) is 3.83. The van der Waals surface area contributed by atoms with Crippen molar-refractivity contribution in [2.45, 2.75) is 6.92 Å². The Bertz CT molecular complexity index is 408. The maximum Gasteiger partial charge on any atom is 0.131 e. The third kappa shape index (κ3) is 1.77. The summed E-state index contributed by atoms with van der Waals surface area (Å²) in [5, 5.41) is 17.1. The van der Waals surface area contributed by atoms with E-state index in [1.807, 2.05) is 42.8 Å². The highest BCUT2D eigenvalue weighted by Gasteiger charge is 1.99. The first-order valence-electron chi connectivity index (χ1n) is 3.83. The molecule has 0 N–H and O–H groups in total. The fourth-order valence-electron chi connectivity index (χ4n) is 1.02. The molecule has 0 aromatic carbocycles. The third-order valence-corrected chi connectivity index (χ3v) is 1.94. The van der Waals surface area contributed by atoms with E-state index in [2.05, 4.69) is 0 Å². The second-order valence-electron chi connectivity index (χ2n) is 2.74. The molecule has 0 atom stereocenters. The molecule has 0 aliphatic carbocycles. The Kier molecular flexibility index (Phi) is 2.52. The fourth-order valence-corrected chi connectivity index (χ4v) is 1.02. The zero-order chi connectivity index (χ0) is 9.84. The van der Waals surface area contributed by atoms with Gasteiger partial charge < -0.3 is 4.57 Å². The zero-order valence-electron chi connectivity index (χ0n) is 7.57. The van der Waals surface area contributed by atoms with Crippen LogP contribution >= 0.6 is 0 Å². The van der Waals surface area contributed by atoms with Crippen LogP contribution in [0.3, 0.4) is 0 Å². The Balaban J connectivity index is 3.14. The molecule has 0 unspecified atom stereocenters. The minimum Gasteiger partial charge on any atom is -0.348 e. The molecule has 64 valence electrons. The average Bonchev–Trinajstić information content (AvgIpc) is 2.45. The number of nitrogens with zero attached hydrogens (tertiary/aromatic N) is 3. The lowest BCUT2D eigenvalue weighted by Crippen LogP contribution is -1.93. The van der Waals surface area contributed by atoms with Crippen LogP contribution in [0.2, 0.25) is 0 Å². The van der Waals surface area contributed by atoms with Gasteiger partial charge in [0.15, 0.2) is 0 Å². The highest BCUT2D eigenvalue weighted by molar-refractivity contribution is 5.60. The lowest BCUT2D eigenvalue weighted by Gasteiger charge is -1.98. The lowest BCUT2D eigenvalue weighted by atomic mass is 10.2. The summed E-state index contributed by atoms with van der Waals surface area (Å²) in [4.78, 5) is 0. The van der Waals surface area contributed by atoms with Crippen molar-refractivity contribution in [3.63, 3.8) is 0 Å². The Hall–Kier alpha value is -2.00. The van der Waals surface area contributed by atoms with Gasteiger partial charge in [0.05, 0.1) is 0 Å². The summed E-state index contributed by atoms with van der Waals surface area (Å²) in [5.41, 5.74) is 2.10. The molecule has 1 aromatic heterocycles. The van der Waals surface area contributed by atoms with Gasteiger partial charge in [0.25, 0.3) is 0 Å². The minimum atomic E-state index is 0.126. The summed E-state index contributed by atoms with van der Waals surface area (Å²) in [6.07, 6.45) is 1.58. The molecule has 1 heterocycles. The van der Waals surface area contributed by atoms with E-state index in [4.69, 9.17) is 10.5 Å². The van der Waals surface area contributed by atoms with E-state index in [0.29, 0.717) is 0 Å². The van der Waals surface area contributed by atoms with Crippen molar-refractivity contribution < 1.29 is 0 Å². The summed E-state index contributed by atoms with van der Waals surface area (Å²) in [5.74, 6) is 0. The highest BCUT2D eigenvalue weighted by atomic mass is 14.9. The van der Waals surface area contributed by atoms with Crippen LogP contribution in [0.4, 0.5) is 0 Å². The molecule has 0 amide bonds. The zero-order valence-corrected chi connectivity index (χ0v) is 7.57. The monoisotopic (exact) mass is 171 g/mol. The maximum absolute atomic E-state index is 8.53. The maximum atomic E-state index is 8.53. The van der Waals surface area contributed by atoms with E-state index in [1.54, 1.807) is 6.08 Å². The normalized spacial score (nSPS) is 8.62. The molecule has 0 spiro atoms. The summed E-state index contributed by atoms with van der Waals surface area (Å²) < 4.78 is 1.93. The average molecular weight is 171 g/mol. The fraction of sp³-hybridized carbons (Fsp3) is 0.200. The second kappa shape index (κ2) is 3.60. The van der Waals surface area contributed by atoms with Gasteiger partial charge in [0.2, 0.25) is 0 Å². The van der Waals surface area contributed by atoms with Crippen molar-refractivity contribution in [3.05, 3.63) is 29.1 Å². The number of allylic oxidation sites excluding steroid dienone is 1. The lowest BCUT2D eigenvalue weighted by molar-refractivity contribution is 0.871. The van der Waals surface area contributed by atoms with Gasteiger partial charge in [-0.25, -0.2) is 0 Å². The topological polar surface area (TPSA) is 52.5 Å². The first kappa shape index (κ1) is 9.09. The van der Waals surface area contributed by atoms with Gasteiger partial charge in [0, 0.05) is 18.4 Å². The molecular formula is C10H9N3. The number of aromatic nitrogens is 1. The Morgan fingerprint density at radius 2 is 2.00 bits per heavy atom. The molecule has 0 aliphatic heterocycles. The molecule has 13 heavy (non-hydrogen) atoms. The van der Waals surface area contributed by atoms with Gasteiger partial charge in [-0.1, -0.05) is 0 Å². The molecule has 3 heteroatoms. The number of nitriles is 2. The van der Waals surface area contributed by atoms with Gasteiger partial charge in [0.1, 0.15) is 17.7 Å². The van der Waals surface area contributed by atoms with Crippen LogP contribution in [0, 0.1) is 29.6 Å². The summed E-state index contributed by atoms with van der Waals surface area (Å²) in [7, 11) is 1.90. The Morgan fingerprint density at radius 1 is 1.38 bits per heavy atom. The third-order valence-electron chi connectivity index (χ3n) is 1.94. The van der Waals surface area contributed by atoms with E-state index in [-0.39, 0.29) is 5.57 Å². The summed E-state index contributed by atoms with van der Waals surface area (Å²) >= 11 is 0. The number of aryl methyl sites for hydroxylation is 1. The van der Waals surface area contributed by atoms with Crippen molar-refractivity contribution in [1.82, 2.24) is 4.57 Å². The molecule has 1 aromatic rings. The van der Waals surface area contributed by atoms with Gasteiger partial charge in [-0.15, -0.1) is 0 Å². The molecule has 0 saturated carbocycles. The summed E-state index contributed by atoms with van der Waals surface area (Å²) in [6.45, 7) is 1.97. The Labute approximate surface area is 77.1 Å². The molecule has 0 saturated heterocycles. The first-order chi connectivity index (χ1) is 6.19. The predicted molar refractivity (Wildman–Crippen MR) is 49.4 cm³/mol. The van der Waals surface area contributed by atoms with Crippen molar-refractivity contribution in [2.75, 3.05) is 0 Å². The molecule has 0 aliphatic rings. The predicted octanol–water partition coefficient (Wildman–Crippen LogP) is 1.76. The van der Waals surface area contributed by atoms with Gasteiger partial charge >= 0.3 is 0 Å². The minimum absolute atomic E-state index is 0.126. The van der Waals surface area contributed by atoms with E-state index in [0.717, 1.165) is 11.4 Å². The van der Waals surface area contributed by atoms with Crippen LogP contribution in [-0.2, 0) is 7.05 Å². The number of rotatable bonds is 1. The summed E-state index contributed by atoms with van der Waals surface area (Å²) in [6, 6.07) is 7.47. The molecule has 0 bridgehead atoms. The molecule has 0 fully saturated rings. The van der Waals surface area contributed by atoms with Crippen LogP contribution in [0.1, 0.15) is 11.4 Å². The quantitative estimate of drug-likeness (QED) is 0.604. The van der Waals surface area contributed by atoms with E-state index in [1.165, 1.54) is 0 Å². The second-order valence-corrected chi connectivity index (χ2v) is 2.74. The number of hydrogen-bond donors (Lipinski definition) is 0. The van der Waals surface area contributed by atoms with E-state index in [9.17, 15) is 0 Å². The van der Waals surface area contributed by atoms with E-state index < -0.39 is 0 Å². The van der Waals surface area contributed by atoms with Crippen molar-refractivity contribution in [2.24, 2.45) is 7.05 Å². The van der Waals surface area contributed by atoms with Gasteiger partial charge in [-0.05, 0) is 25.1 Å². The number of hydrogen-bond acceptors (Lipinski definition) is 2. The van der Waals surface area contributed by atoms with Crippen LogP contribution < -0.4 is 0 Å². The van der Waals surface area contributed by atoms with Gasteiger partial charge in [-0.2, -0.15) is 10.5 Å². The molecule has 1 rings (SSSR count). The van der Waals surface area contributed by atoms with Crippen molar-refractivity contribution in [1.29, 1.82) is 10.5 Å². The molecule has 3 nitrogen and oxygen atoms in total. The van der Waals surface area contributed by atoms with Crippen LogP contribution in [0.15, 0.2) is 17.7 Å². The highest BCUT2D eigenvalue weighted by Crippen LogP contribution is 2.09. The largest absolute Gasteiger partial charge is 0.348 e. The van der Waals surface area contributed by atoms with Crippen molar-refractivity contribution in [3.8, 4) is 12.1 Å². The van der Waals surface area contributed by atoms with Crippen LogP contribution in [0.25, 0.3) is 6.08 Å². The smallest absolute Gasteiger partial charge is 0.131 e.